The summed E-state index contributed by atoms with van der Waals surface area (Å²) in [5, 5.41) is 12.4. The van der Waals surface area contributed by atoms with Crippen LogP contribution >= 0.6 is 0 Å². The molecule has 0 unspecified atom stereocenters. The van der Waals surface area contributed by atoms with Gasteiger partial charge < -0.3 is 9.47 Å². The van der Waals surface area contributed by atoms with Crippen molar-refractivity contribution in [2.75, 3.05) is 4.90 Å². The van der Waals surface area contributed by atoms with Gasteiger partial charge in [-0.05, 0) is 126 Å². The predicted molar refractivity (Wildman–Crippen MR) is 307 cm³/mol. The topological polar surface area (TPSA) is 8.17 Å². The Morgan fingerprint density at radius 3 is 1.68 bits per heavy atom. The zero-order valence-electron chi connectivity index (χ0n) is 39.5. The maximum atomic E-state index is 2.50. The highest BCUT2D eigenvalue weighted by molar-refractivity contribution is 6.19. The highest BCUT2D eigenvalue weighted by Gasteiger charge is 2.23. The van der Waals surface area contributed by atoms with Gasteiger partial charge in [0.25, 0.3) is 0 Å². The van der Waals surface area contributed by atoms with Gasteiger partial charge in [-0.25, -0.2) is 0 Å². The fraction of sp³-hybridized carbons (Fsp3) is 0. The molecule has 14 aromatic rings. The molecule has 0 amide bonds. The number of hydrogen-bond acceptors (Lipinski definition) is 1. The van der Waals surface area contributed by atoms with Crippen LogP contribution in [0.5, 0.6) is 0 Å². The third-order valence-electron chi connectivity index (χ3n) is 14.8. The van der Waals surface area contributed by atoms with Gasteiger partial charge in [0.2, 0.25) is 0 Å². The van der Waals surface area contributed by atoms with Crippen LogP contribution in [0.4, 0.5) is 17.1 Å². The zero-order valence-corrected chi connectivity index (χ0v) is 39.5. The number of fused-ring (bicyclic) bond motifs is 9. The largest absolute Gasteiger partial charge is 0.310 e. The number of nitrogens with zero attached hydrogens (tertiary/aromatic N) is 2. The summed E-state index contributed by atoms with van der Waals surface area (Å²) in [5.74, 6) is 0. The lowest BCUT2D eigenvalue weighted by atomic mass is 9.91. The molecule has 0 fully saturated rings. The molecule has 0 spiro atoms. The van der Waals surface area contributed by atoms with Gasteiger partial charge in [0.15, 0.2) is 0 Å². The minimum Gasteiger partial charge on any atom is -0.310 e. The molecule has 0 N–H and O–H groups in total. The van der Waals surface area contributed by atoms with Crippen LogP contribution in [0.25, 0.3) is 115 Å². The molecule has 1 heterocycles. The first-order valence-corrected chi connectivity index (χ1v) is 24.8. The Kier molecular flexibility index (Phi) is 9.89. The van der Waals surface area contributed by atoms with E-state index in [1.54, 1.807) is 0 Å². The van der Waals surface area contributed by atoms with Crippen LogP contribution in [-0.4, -0.2) is 4.57 Å². The summed E-state index contributed by atoms with van der Waals surface area (Å²) >= 11 is 0. The van der Waals surface area contributed by atoms with Crippen molar-refractivity contribution in [2.24, 2.45) is 0 Å². The summed E-state index contributed by atoms with van der Waals surface area (Å²) in [4.78, 5) is 2.46. The number of benzene rings is 13. The first kappa shape index (κ1) is 41.5. The van der Waals surface area contributed by atoms with Crippen LogP contribution in [0, 0.1) is 0 Å². The Bertz CT molecular complexity index is 4390. The molecule has 1 aromatic heterocycles. The number of hydrogen-bond donors (Lipinski definition) is 0. The van der Waals surface area contributed by atoms with E-state index in [2.05, 4.69) is 289 Å². The Balaban J connectivity index is 1.00. The molecule has 14 rings (SSSR count). The van der Waals surface area contributed by atoms with Crippen molar-refractivity contribution in [2.45, 2.75) is 0 Å². The Labute approximate surface area is 418 Å². The van der Waals surface area contributed by atoms with E-state index in [0.29, 0.717) is 0 Å². The number of rotatable bonds is 8. The Morgan fingerprint density at radius 1 is 0.250 bits per heavy atom. The summed E-state index contributed by atoms with van der Waals surface area (Å²) in [6.07, 6.45) is 0. The zero-order chi connectivity index (χ0) is 47.5. The molecule has 0 saturated heterocycles. The minimum atomic E-state index is 1.06. The quantitative estimate of drug-likeness (QED) is 0.138. The maximum absolute atomic E-state index is 2.50. The van der Waals surface area contributed by atoms with E-state index in [4.69, 9.17) is 0 Å². The van der Waals surface area contributed by atoms with Crippen LogP contribution in [0.15, 0.2) is 279 Å². The van der Waals surface area contributed by atoms with Gasteiger partial charge in [0, 0.05) is 38.7 Å². The van der Waals surface area contributed by atoms with E-state index < -0.39 is 0 Å². The van der Waals surface area contributed by atoms with Crippen molar-refractivity contribution in [3.05, 3.63) is 279 Å². The van der Waals surface area contributed by atoms with Gasteiger partial charge in [0.05, 0.1) is 22.4 Å². The summed E-state index contributed by atoms with van der Waals surface area (Å²) in [7, 11) is 0. The van der Waals surface area contributed by atoms with Gasteiger partial charge in [-0.15, -0.1) is 0 Å². The lowest BCUT2D eigenvalue weighted by Crippen LogP contribution is -2.11. The van der Waals surface area contributed by atoms with E-state index in [1.807, 2.05) is 0 Å². The van der Waals surface area contributed by atoms with Crippen molar-refractivity contribution < 1.29 is 0 Å². The van der Waals surface area contributed by atoms with Gasteiger partial charge in [-0.3, -0.25) is 0 Å². The Hall–Kier alpha value is -9.50. The average Bonchev–Trinajstić information content (AvgIpc) is 3.80. The molecule has 13 aromatic carbocycles. The van der Waals surface area contributed by atoms with E-state index >= 15 is 0 Å². The third-order valence-corrected chi connectivity index (χ3v) is 14.8. The van der Waals surface area contributed by atoms with Crippen molar-refractivity contribution >= 4 is 82.0 Å². The molecule has 0 aliphatic carbocycles. The molecule has 0 atom stereocenters. The van der Waals surface area contributed by atoms with Gasteiger partial charge >= 0.3 is 0 Å². The first-order chi connectivity index (χ1) is 35.7. The monoisotopic (exact) mass is 914 g/mol. The standard InChI is InChI=1S/C70H46N2/c1-2-19-49(20-3-1)65-46-55(41-43-60(65)61-28-12-16-32-68(61)72-69-33-17-13-29-62(69)64-42-38-50-21-6-9-25-57(50)70(64)72)71(54-39-36-48(37-40-54)52-35-34-47-18-4-5-22-51(47)44-52)67-31-15-14-30-63(67)66-45-53-23-7-8-24-56(53)58-26-10-11-27-59(58)66/h1-46H. The minimum absolute atomic E-state index is 1.06. The van der Waals surface area contributed by atoms with E-state index in [1.165, 1.54) is 81.6 Å². The predicted octanol–water partition coefficient (Wildman–Crippen LogP) is 19.5. The van der Waals surface area contributed by atoms with Crippen LogP contribution in [-0.2, 0) is 0 Å². The van der Waals surface area contributed by atoms with Crippen molar-refractivity contribution in [3.8, 4) is 50.2 Å². The molecular formula is C70H46N2. The molecule has 0 aliphatic heterocycles. The first-order valence-electron chi connectivity index (χ1n) is 24.8. The fourth-order valence-electron chi connectivity index (χ4n) is 11.4. The summed E-state index contributed by atoms with van der Waals surface area (Å²) < 4.78 is 2.50. The van der Waals surface area contributed by atoms with Crippen molar-refractivity contribution in [1.82, 2.24) is 4.57 Å². The average molecular weight is 915 g/mol. The lowest BCUT2D eigenvalue weighted by Gasteiger charge is -2.29. The van der Waals surface area contributed by atoms with Crippen LogP contribution in [0.3, 0.4) is 0 Å². The van der Waals surface area contributed by atoms with Crippen molar-refractivity contribution in [3.63, 3.8) is 0 Å². The van der Waals surface area contributed by atoms with Crippen LogP contribution < -0.4 is 4.90 Å². The van der Waals surface area contributed by atoms with E-state index in [9.17, 15) is 0 Å². The SMILES string of the molecule is c1ccc(-c2cc(N(c3ccc(-c4ccc5ccccc5c4)cc3)c3ccccc3-c3cc4ccccc4c4ccccc34)ccc2-c2ccccc2-n2c3ccccc3c3ccc4ccccc4c32)cc1. The molecule has 0 saturated carbocycles. The van der Waals surface area contributed by atoms with Crippen LogP contribution in [0.1, 0.15) is 0 Å². The van der Waals surface area contributed by atoms with E-state index in [-0.39, 0.29) is 0 Å². The Morgan fingerprint density at radius 2 is 0.847 bits per heavy atom. The lowest BCUT2D eigenvalue weighted by molar-refractivity contribution is 1.19. The second-order valence-corrected chi connectivity index (χ2v) is 18.8. The molecular weight excluding hydrogens is 869 g/mol. The van der Waals surface area contributed by atoms with Crippen LogP contribution in [0.2, 0.25) is 0 Å². The highest BCUT2D eigenvalue weighted by atomic mass is 15.1. The molecule has 336 valence electrons. The number of anilines is 3. The molecule has 72 heavy (non-hydrogen) atoms. The van der Waals surface area contributed by atoms with Gasteiger partial charge in [-0.2, -0.15) is 0 Å². The van der Waals surface area contributed by atoms with Gasteiger partial charge in [-0.1, -0.05) is 224 Å². The van der Waals surface area contributed by atoms with Crippen molar-refractivity contribution in [1.29, 1.82) is 0 Å². The smallest absolute Gasteiger partial charge is 0.0619 e. The second kappa shape index (κ2) is 17.2. The summed E-state index contributed by atoms with van der Waals surface area (Å²) in [6.45, 7) is 0. The molecule has 0 bridgehead atoms. The third kappa shape index (κ3) is 6.88. The molecule has 2 nitrogen and oxygen atoms in total. The van der Waals surface area contributed by atoms with Gasteiger partial charge in [0.1, 0.15) is 0 Å². The highest BCUT2D eigenvalue weighted by Crippen LogP contribution is 2.48. The molecule has 2 heteroatoms. The number of aromatic nitrogens is 1. The summed E-state index contributed by atoms with van der Waals surface area (Å²) in [6, 6.07) is 103. The maximum Gasteiger partial charge on any atom is 0.0619 e. The van der Waals surface area contributed by atoms with E-state index in [0.717, 1.165) is 50.6 Å². The molecule has 0 radical (unpaired) electrons. The summed E-state index contributed by atoms with van der Waals surface area (Å²) in [5.41, 5.74) is 16.1. The normalized spacial score (nSPS) is 11.6. The molecule has 0 aliphatic rings. The fourth-order valence-corrected chi connectivity index (χ4v) is 11.4. The second-order valence-electron chi connectivity index (χ2n) is 18.8. The number of para-hydroxylation sites is 3.